The number of carbonyl (C=O) groups is 2. The topological polar surface area (TPSA) is 134 Å². The maximum absolute atomic E-state index is 12.2. The van der Waals surface area contributed by atoms with Crippen LogP contribution in [0.25, 0.3) is 10.6 Å². The molecule has 3 aromatic rings. The van der Waals surface area contributed by atoms with E-state index in [1.54, 1.807) is 17.8 Å². The Bertz CT molecular complexity index is 1140. The predicted molar refractivity (Wildman–Crippen MR) is 138 cm³/mol. The molecule has 0 bridgehead atoms. The average molecular weight is 598 g/mol. The zero-order valence-electron chi connectivity index (χ0n) is 19.2. The van der Waals surface area contributed by atoms with Gasteiger partial charge in [-0.15, -0.1) is 11.3 Å². The molecule has 12 heteroatoms. The number of nitrogens with two attached hydrogens (primary N) is 1. The number of aromatic nitrogens is 4. The largest absolute Gasteiger partial charge is 0.455 e. The van der Waals surface area contributed by atoms with Gasteiger partial charge in [0.2, 0.25) is 0 Å². The van der Waals surface area contributed by atoms with Crippen LogP contribution in [-0.2, 0) is 15.9 Å². The number of nitrogens with one attached hydrogen (secondary N) is 1. The number of nitrogen functional groups attached to an aromatic ring is 1. The summed E-state index contributed by atoms with van der Waals surface area (Å²) in [6.45, 7) is 6.76. The second kappa shape index (κ2) is 11.7. The lowest BCUT2D eigenvalue weighted by Crippen LogP contribution is -2.28. The molecule has 0 atom stereocenters. The fourth-order valence-electron chi connectivity index (χ4n) is 2.89. The van der Waals surface area contributed by atoms with Crippen LogP contribution in [0, 0.1) is 0 Å². The molecule has 0 aliphatic rings. The normalized spacial score (nSPS) is 11.4. The fourth-order valence-corrected chi connectivity index (χ4v) is 4.19. The van der Waals surface area contributed by atoms with Crippen LogP contribution in [-0.4, -0.2) is 55.2 Å². The number of amides is 1. The van der Waals surface area contributed by atoms with E-state index in [1.807, 2.05) is 55.8 Å². The molecule has 0 aliphatic heterocycles. The average Bonchev–Trinajstić information content (AvgIpc) is 3.38. The van der Waals surface area contributed by atoms with Crippen molar-refractivity contribution in [2.75, 3.05) is 25.5 Å². The van der Waals surface area contributed by atoms with Crippen LogP contribution in [0.2, 0.25) is 0 Å². The van der Waals surface area contributed by atoms with Gasteiger partial charge in [0.25, 0.3) is 5.91 Å². The molecule has 0 aromatic carbocycles. The highest BCUT2D eigenvalue weighted by atomic mass is 127. The van der Waals surface area contributed by atoms with E-state index in [4.69, 9.17) is 15.2 Å². The van der Waals surface area contributed by atoms with Crippen LogP contribution in [0.15, 0.2) is 29.9 Å². The lowest BCUT2D eigenvalue weighted by atomic mass is 10.1. The van der Waals surface area contributed by atoms with Crippen LogP contribution < -0.4 is 11.1 Å². The molecule has 0 radical (unpaired) electrons. The molecule has 1 amide bonds. The van der Waals surface area contributed by atoms with Gasteiger partial charge in [-0.05, 0) is 45.7 Å². The summed E-state index contributed by atoms with van der Waals surface area (Å²) in [6, 6.07) is 3.84. The Morgan fingerprint density at radius 3 is 2.79 bits per heavy atom. The number of pyridine rings is 1. The summed E-state index contributed by atoms with van der Waals surface area (Å²) >= 11 is 3.32. The summed E-state index contributed by atoms with van der Waals surface area (Å²) in [4.78, 5) is 33.1. The number of rotatable bonds is 10. The van der Waals surface area contributed by atoms with E-state index in [1.165, 1.54) is 14.2 Å². The number of thiazole rings is 1. The minimum absolute atomic E-state index is 0.207. The van der Waals surface area contributed by atoms with Gasteiger partial charge in [-0.1, -0.05) is 0 Å². The highest BCUT2D eigenvalue weighted by Crippen LogP contribution is 2.25. The third-order valence-electron chi connectivity index (χ3n) is 4.36. The second-order valence-electron chi connectivity index (χ2n) is 8.37. The quantitative estimate of drug-likeness (QED) is 0.206. The molecule has 0 spiro atoms. The summed E-state index contributed by atoms with van der Waals surface area (Å²) in [6.07, 6.45) is 4.81. The molecule has 3 heterocycles. The molecule has 3 aromatic heterocycles. The van der Waals surface area contributed by atoms with Gasteiger partial charge in [0.05, 0.1) is 41.4 Å². The van der Waals surface area contributed by atoms with Gasteiger partial charge in [-0.3, -0.25) is 9.78 Å². The Balaban J connectivity index is 1.40. The molecular formula is C22H27IN6O4S. The van der Waals surface area contributed by atoms with Crippen LogP contribution >= 0.6 is 34.2 Å². The maximum atomic E-state index is 12.2. The van der Waals surface area contributed by atoms with E-state index in [0.717, 1.165) is 29.1 Å². The first-order valence-corrected chi connectivity index (χ1v) is 12.5. The van der Waals surface area contributed by atoms with Gasteiger partial charge in [-0.2, -0.15) is 5.10 Å². The molecular weight excluding hydrogens is 571 g/mol. The molecule has 3 N–H and O–H groups in total. The minimum Gasteiger partial charge on any atom is -0.455 e. The number of halogens is 1. The third-order valence-corrected chi connectivity index (χ3v) is 5.74. The summed E-state index contributed by atoms with van der Waals surface area (Å²) in [5.74, 6) is -0.754. The SMILES string of the molecule is CC(C)(C)OC(=O)c1csc(-c2ccnc(CCCOCCNC(=O)c3nn(I)cc3N)c2)n1. The highest BCUT2D eigenvalue weighted by molar-refractivity contribution is 14.1. The number of carbonyl (C=O) groups excluding carboxylic acids is 2. The van der Waals surface area contributed by atoms with E-state index in [9.17, 15) is 9.59 Å². The Kier molecular flexibility index (Phi) is 8.97. The van der Waals surface area contributed by atoms with E-state index in [0.29, 0.717) is 31.1 Å². The second-order valence-corrected chi connectivity index (χ2v) is 10.2. The fraction of sp³-hybridized carbons (Fsp3) is 0.409. The van der Waals surface area contributed by atoms with Crippen molar-refractivity contribution in [3.63, 3.8) is 0 Å². The smallest absolute Gasteiger partial charge is 0.358 e. The van der Waals surface area contributed by atoms with Gasteiger partial charge < -0.3 is 20.5 Å². The molecule has 182 valence electrons. The summed E-state index contributed by atoms with van der Waals surface area (Å²) < 4.78 is 12.4. The summed E-state index contributed by atoms with van der Waals surface area (Å²) in [5, 5.41) is 9.20. The van der Waals surface area contributed by atoms with E-state index < -0.39 is 11.6 Å². The van der Waals surface area contributed by atoms with Crippen LogP contribution in [0.3, 0.4) is 0 Å². The molecule has 10 nitrogen and oxygen atoms in total. The predicted octanol–water partition coefficient (Wildman–Crippen LogP) is 3.52. The van der Waals surface area contributed by atoms with E-state index in [-0.39, 0.29) is 11.6 Å². The molecule has 0 saturated carbocycles. The van der Waals surface area contributed by atoms with E-state index >= 15 is 0 Å². The van der Waals surface area contributed by atoms with Crippen molar-refractivity contribution in [3.05, 3.63) is 47.0 Å². The van der Waals surface area contributed by atoms with Crippen molar-refractivity contribution < 1.29 is 19.1 Å². The zero-order valence-corrected chi connectivity index (χ0v) is 22.2. The van der Waals surface area contributed by atoms with Crippen LogP contribution in [0.5, 0.6) is 0 Å². The van der Waals surface area contributed by atoms with Gasteiger partial charge in [-0.25, -0.2) is 12.7 Å². The Labute approximate surface area is 215 Å². The van der Waals surface area contributed by atoms with Crippen molar-refractivity contribution in [1.29, 1.82) is 0 Å². The number of anilines is 1. The minimum atomic E-state index is -0.564. The van der Waals surface area contributed by atoms with Gasteiger partial charge in [0.1, 0.15) is 10.6 Å². The first-order valence-electron chi connectivity index (χ1n) is 10.6. The van der Waals surface area contributed by atoms with Gasteiger partial charge >= 0.3 is 5.97 Å². The maximum Gasteiger partial charge on any atom is 0.358 e. The van der Waals surface area contributed by atoms with Crippen molar-refractivity contribution >= 4 is 51.8 Å². The zero-order chi connectivity index (χ0) is 24.7. The third kappa shape index (κ3) is 7.74. The summed E-state index contributed by atoms with van der Waals surface area (Å²) in [5.41, 5.74) is 7.84. The molecule has 3 rings (SSSR count). The Morgan fingerprint density at radius 2 is 2.09 bits per heavy atom. The molecule has 0 aliphatic carbocycles. The number of hydrogen-bond donors (Lipinski definition) is 2. The standard InChI is InChI=1S/C22H27IN6O4S/c1-22(2,3)33-21(31)17-13-34-20(27-17)14-6-7-25-15(11-14)5-4-9-32-10-8-26-19(30)18-16(24)12-29(23)28-18/h6-7,11-13H,4-5,8-10,24H2,1-3H3,(H,26,30). The highest BCUT2D eigenvalue weighted by Gasteiger charge is 2.20. The van der Waals surface area contributed by atoms with Crippen LogP contribution in [0.1, 0.15) is 53.9 Å². The number of ether oxygens (including phenoxy) is 2. The summed E-state index contributed by atoms with van der Waals surface area (Å²) in [7, 11) is 0. The molecule has 0 saturated heterocycles. The van der Waals surface area contributed by atoms with Gasteiger partial charge in [0.15, 0.2) is 11.4 Å². The van der Waals surface area contributed by atoms with Crippen molar-refractivity contribution in [2.24, 2.45) is 0 Å². The first-order chi connectivity index (χ1) is 16.1. The molecule has 34 heavy (non-hydrogen) atoms. The monoisotopic (exact) mass is 598 g/mol. The van der Waals surface area contributed by atoms with Crippen molar-refractivity contribution in [2.45, 2.75) is 39.2 Å². The van der Waals surface area contributed by atoms with Crippen molar-refractivity contribution in [1.82, 2.24) is 23.3 Å². The Hall–Kier alpha value is -2.58. The Morgan fingerprint density at radius 1 is 1.29 bits per heavy atom. The van der Waals surface area contributed by atoms with Crippen molar-refractivity contribution in [3.8, 4) is 10.6 Å². The van der Waals surface area contributed by atoms with Crippen LogP contribution in [0.4, 0.5) is 5.69 Å². The first kappa shape index (κ1) is 26.0. The van der Waals surface area contributed by atoms with E-state index in [2.05, 4.69) is 20.4 Å². The number of esters is 1. The molecule has 0 unspecified atom stereocenters. The number of hydrogen-bond acceptors (Lipinski definition) is 9. The lowest BCUT2D eigenvalue weighted by molar-refractivity contribution is 0.00637. The number of nitrogens with zero attached hydrogens (tertiary/aromatic N) is 4. The molecule has 0 fully saturated rings. The van der Waals surface area contributed by atoms with Gasteiger partial charge in [0, 0.05) is 36.0 Å². The number of aryl methyl sites for hydroxylation is 1. The lowest BCUT2D eigenvalue weighted by Gasteiger charge is -2.18.